The van der Waals surface area contributed by atoms with E-state index in [2.05, 4.69) is 5.32 Å². The zero-order valence-corrected chi connectivity index (χ0v) is 14.7. The topological polar surface area (TPSA) is 90.0 Å². The predicted molar refractivity (Wildman–Crippen MR) is 89.6 cm³/mol. The van der Waals surface area contributed by atoms with E-state index in [1.807, 2.05) is 4.90 Å². The maximum absolute atomic E-state index is 12.7. The van der Waals surface area contributed by atoms with E-state index < -0.39 is 17.9 Å². The van der Waals surface area contributed by atoms with Crippen LogP contribution in [0.4, 0.5) is 4.79 Å². The van der Waals surface area contributed by atoms with Gasteiger partial charge in [-0.05, 0) is 25.7 Å². The summed E-state index contributed by atoms with van der Waals surface area (Å²) in [6.45, 7) is 2.46. The fraction of sp³-hybridized carbons (Fsp3) is 0.824. The molecule has 1 saturated carbocycles. The number of carbonyl (C=O) groups excluding carboxylic acids is 2. The largest absolute Gasteiger partial charge is 0.481 e. The molecular formula is C17H29N3O4. The van der Waals surface area contributed by atoms with Crippen LogP contribution < -0.4 is 5.32 Å². The lowest BCUT2D eigenvalue weighted by molar-refractivity contribution is -0.141. The second-order valence-electron chi connectivity index (χ2n) is 7.09. The van der Waals surface area contributed by atoms with Crippen molar-refractivity contribution >= 4 is 17.9 Å². The summed E-state index contributed by atoms with van der Waals surface area (Å²) in [5.74, 6) is -1.56. The second-order valence-corrected chi connectivity index (χ2v) is 7.09. The van der Waals surface area contributed by atoms with E-state index in [4.69, 9.17) is 5.11 Å². The molecule has 0 spiro atoms. The van der Waals surface area contributed by atoms with E-state index >= 15 is 0 Å². The third kappa shape index (κ3) is 4.61. The van der Waals surface area contributed by atoms with Gasteiger partial charge in [0, 0.05) is 26.2 Å². The van der Waals surface area contributed by atoms with Crippen LogP contribution in [0.5, 0.6) is 0 Å². The number of hydrogen-bond donors (Lipinski definition) is 2. The van der Waals surface area contributed by atoms with Crippen LogP contribution in [-0.4, -0.2) is 65.0 Å². The van der Waals surface area contributed by atoms with Crippen molar-refractivity contribution in [3.63, 3.8) is 0 Å². The number of likely N-dealkylation sites (tertiary alicyclic amines) is 1. The first kappa shape index (κ1) is 18.5. The molecular weight excluding hydrogens is 310 g/mol. The van der Waals surface area contributed by atoms with E-state index in [9.17, 15) is 14.4 Å². The Labute approximate surface area is 143 Å². The summed E-state index contributed by atoms with van der Waals surface area (Å²) in [6.07, 6.45) is 7.23. The van der Waals surface area contributed by atoms with Crippen LogP contribution in [0.3, 0.4) is 0 Å². The van der Waals surface area contributed by atoms with Gasteiger partial charge >= 0.3 is 12.0 Å². The van der Waals surface area contributed by atoms with Crippen molar-refractivity contribution < 1.29 is 19.5 Å². The summed E-state index contributed by atoms with van der Waals surface area (Å²) in [7, 11) is 1.56. The monoisotopic (exact) mass is 339 g/mol. The van der Waals surface area contributed by atoms with Crippen molar-refractivity contribution in [2.45, 2.75) is 64.0 Å². The lowest BCUT2D eigenvalue weighted by Gasteiger charge is -2.40. The van der Waals surface area contributed by atoms with E-state index in [0.29, 0.717) is 12.5 Å². The Morgan fingerprint density at radius 2 is 1.92 bits per heavy atom. The fourth-order valence-corrected chi connectivity index (χ4v) is 3.62. The summed E-state index contributed by atoms with van der Waals surface area (Å²) in [5, 5.41) is 11.7. The highest BCUT2D eigenvalue weighted by atomic mass is 16.4. The first-order chi connectivity index (χ1) is 11.4. The molecule has 2 unspecified atom stereocenters. The van der Waals surface area contributed by atoms with Crippen molar-refractivity contribution in [3.05, 3.63) is 0 Å². The molecule has 0 radical (unpaired) electrons. The molecule has 0 bridgehead atoms. The van der Waals surface area contributed by atoms with Crippen LogP contribution in [0.25, 0.3) is 0 Å². The SMILES string of the molecule is CC(CN(C)C(=O)NC1CCCN(C2CCCCC2)C1=O)C(=O)O. The van der Waals surface area contributed by atoms with Crippen LogP contribution >= 0.6 is 0 Å². The molecule has 7 nitrogen and oxygen atoms in total. The van der Waals surface area contributed by atoms with Crippen LogP contribution in [0.1, 0.15) is 51.9 Å². The Balaban J connectivity index is 1.89. The van der Waals surface area contributed by atoms with Gasteiger partial charge in [-0.15, -0.1) is 0 Å². The van der Waals surface area contributed by atoms with Gasteiger partial charge in [0.25, 0.3) is 0 Å². The number of hydrogen-bond acceptors (Lipinski definition) is 3. The number of amides is 3. The van der Waals surface area contributed by atoms with Crippen molar-refractivity contribution in [3.8, 4) is 0 Å². The Bertz CT molecular complexity index is 476. The molecule has 2 fully saturated rings. The number of aliphatic carboxylic acids is 1. The third-order valence-electron chi connectivity index (χ3n) is 5.10. The molecule has 2 rings (SSSR count). The summed E-state index contributed by atoms with van der Waals surface area (Å²) >= 11 is 0. The highest BCUT2D eigenvalue weighted by Crippen LogP contribution is 2.26. The molecule has 1 aliphatic heterocycles. The molecule has 136 valence electrons. The van der Waals surface area contributed by atoms with Crippen molar-refractivity contribution in [2.75, 3.05) is 20.1 Å². The summed E-state index contributed by atoms with van der Waals surface area (Å²) in [5.41, 5.74) is 0. The van der Waals surface area contributed by atoms with Crippen LogP contribution in [0.15, 0.2) is 0 Å². The highest BCUT2D eigenvalue weighted by Gasteiger charge is 2.35. The van der Waals surface area contributed by atoms with Crippen molar-refractivity contribution in [2.24, 2.45) is 5.92 Å². The van der Waals surface area contributed by atoms with E-state index in [1.165, 1.54) is 24.2 Å². The lowest BCUT2D eigenvalue weighted by atomic mass is 9.91. The van der Waals surface area contributed by atoms with Gasteiger partial charge in [-0.2, -0.15) is 0 Å². The first-order valence-electron chi connectivity index (χ1n) is 8.95. The third-order valence-corrected chi connectivity index (χ3v) is 5.10. The Kier molecular flexibility index (Phi) is 6.45. The zero-order chi connectivity index (χ0) is 17.7. The number of carboxylic acids is 1. The number of rotatable bonds is 5. The minimum absolute atomic E-state index is 0.0150. The Morgan fingerprint density at radius 1 is 1.25 bits per heavy atom. The zero-order valence-electron chi connectivity index (χ0n) is 14.7. The highest BCUT2D eigenvalue weighted by molar-refractivity contribution is 5.88. The standard InChI is InChI=1S/C17H29N3O4/c1-12(16(22)23)11-19(2)17(24)18-14-9-6-10-20(15(14)21)13-7-4-3-5-8-13/h12-14H,3-11H2,1-2H3,(H,18,24)(H,22,23). The summed E-state index contributed by atoms with van der Waals surface area (Å²) < 4.78 is 0. The molecule has 24 heavy (non-hydrogen) atoms. The van der Waals surface area contributed by atoms with Gasteiger partial charge in [0.1, 0.15) is 6.04 Å². The number of nitrogens with zero attached hydrogens (tertiary/aromatic N) is 2. The molecule has 7 heteroatoms. The van der Waals surface area contributed by atoms with Gasteiger partial charge in [0.05, 0.1) is 5.92 Å². The maximum atomic E-state index is 12.7. The lowest BCUT2D eigenvalue weighted by Crippen LogP contribution is -2.57. The molecule has 1 saturated heterocycles. The minimum Gasteiger partial charge on any atom is -0.481 e. The average Bonchev–Trinajstić information content (AvgIpc) is 2.57. The van der Waals surface area contributed by atoms with Gasteiger partial charge < -0.3 is 20.2 Å². The van der Waals surface area contributed by atoms with Crippen LogP contribution in [0.2, 0.25) is 0 Å². The Hall–Kier alpha value is -1.79. The molecule has 0 aromatic carbocycles. The molecule has 0 aromatic heterocycles. The molecule has 2 aliphatic rings. The van der Waals surface area contributed by atoms with Gasteiger partial charge in [0.2, 0.25) is 5.91 Å². The maximum Gasteiger partial charge on any atom is 0.317 e. The molecule has 2 N–H and O–H groups in total. The van der Waals surface area contributed by atoms with E-state index in [1.54, 1.807) is 14.0 Å². The second kappa shape index (κ2) is 8.35. The molecule has 3 amide bonds. The van der Waals surface area contributed by atoms with Crippen LogP contribution in [0, 0.1) is 5.92 Å². The molecule has 1 aliphatic carbocycles. The smallest absolute Gasteiger partial charge is 0.317 e. The van der Waals surface area contributed by atoms with Crippen LogP contribution in [-0.2, 0) is 9.59 Å². The van der Waals surface area contributed by atoms with Crippen molar-refractivity contribution in [1.29, 1.82) is 0 Å². The first-order valence-corrected chi connectivity index (χ1v) is 8.95. The van der Waals surface area contributed by atoms with Gasteiger partial charge in [-0.1, -0.05) is 26.2 Å². The van der Waals surface area contributed by atoms with Gasteiger partial charge in [-0.25, -0.2) is 4.79 Å². The fourth-order valence-electron chi connectivity index (χ4n) is 3.62. The predicted octanol–water partition coefficient (Wildman–Crippen LogP) is 1.67. The van der Waals surface area contributed by atoms with E-state index in [-0.39, 0.29) is 18.5 Å². The molecule has 2 atom stereocenters. The summed E-state index contributed by atoms with van der Waals surface area (Å²) in [4.78, 5) is 39.1. The number of piperidine rings is 1. The van der Waals surface area contributed by atoms with Gasteiger partial charge in [-0.3, -0.25) is 9.59 Å². The van der Waals surface area contributed by atoms with Crippen molar-refractivity contribution in [1.82, 2.24) is 15.1 Å². The number of carbonyl (C=O) groups is 3. The quantitative estimate of drug-likeness (QED) is 0.797. The minimum atomic E-state index is -0.938. The van der Waals surface area contributed by atoms with E-state index in [0.717, 1.165) is 25.8 Å². The summed E-state index contributed by atoms with van der Waals surface area (Å²) in [6, 6.07) is -0.557. The average molecular weight is 339 g/mol. The Morgan fingerprint density at radius 3 is 2.54 bits per heavy atom. The normalized spacial score (nSPS) is 23.7. The molecule has 0 aromatic rings. The number of urea groups is 1. The number of nitrogens with one attached hydrogen (secondary N) is 1. The number of carboxylic acid groups (broad SMARTS) is 1. The van der Waals surface area contributed by atoms with Gasteiger partial charge in [0.15, 0.2) is 0 Å². The molecule has 1 heterocycles.